The first kappa shape index (κ1) is 20.3. The highest BCUT2D eigenvalue weighted by molar-refractivity contribution is 8.00. The fourth-order valence-corrected chi connectivity index (χ4v) is 3.92. The van der Waals surface area contributed by atoms with E-state index in [1.54, 1.807) is 33.5 Å². The Morgan fingerprint density at radius 2 is 1.71 bits per heavy atom. The number of rotatable bonds is 7. The van der Waals surface area contributed by atoms with E-state index in [4.69, 9.17) is 18.6 Å². The third-order valence-electron chi connectivity index (χ3n) is 4.61. The Balaban J connectivity index is 1.75. The van der Waals surface area contributed by atoms with Crippen molar-refractivity contribution in [3.05, 3.63) is 12.1 Å². The number of carbonyl (C=O) groups is 1. The summed E-state index contributed by atoms with van der Waals surface area (Å²) in [4.78, 5) is 14.5. The molecule has 1 atom stereocenters. The minimum Gasteiger partial charge on any atom is -0.493 e. The van der Waals surface area contributed by atoms with Crippen LogP contribution in [0.5, 0.6) is 17.2 Å². The summed E-state index contributed by atoms with van der Waals surface area (Å²) in [7, 11) is 4.64. The zero-order valence-corrected chi connectivity index (χ0v) is 17.4. The van der Waals surface area contributed by atoms with E-state index in [1.165, 1.54) is 18.2 Å². The van der Waals surface area contributed by atoms with Gasteiger partial charge in [0.05, 0.1) is 26.6 Å². The van der Waals surface area contributed by atoms with E-state index in [9.17, 15) is 4.79 Å². The van der Waals surface area contributed by atoms with Gasteiger partial charge in [-0.25, -0.2) is 0 Å². The molecule has 1 aliphatic rings. The number of hydrogen-bond donors (Lipinski definition) is 0. The molecular weight excluding hydrogens is 382 g/mol. The second-order valence-electron chi connectivity index (χ2n) is 6.43. The van der Waals surface area contributed by atoms with Crippen molar-refractivity contribution >= 4 is 17.7 Å². The van der Waals surface area contributed by atoms with Crippen LogP contribution in [0.2, 0.25) is 0 Å². The predicted octanol–water partition coefficient (Wildman–Crippen LogP) is 3.26. The standard InChI is InChI=1S/C19H25N3O5S/c1-12(18(23)22-8-6-5-7-9-22)28-19-21-20-17(27-19)13-10-14(24-2)16(26-4)15(11-13)25-3/h10-12H,5-9H2,1-4H3/t12-/m0/s1. The normalized spacial score (nSPS) is 15.2. The summed E-state index contributed by atoms with van der Waals surface area (Å²) in [6.07, 6.45) is 3.32. The lowest BCUT2D eigenvalue weighted by molar-refractivity contribution is -0.131. The van der Waals surface area contributed by atoms with Gasteiger partial charge in [-0.05, 0) is 38.3 Å². The first-order valence-electron chi connectivity index (χ1n) is 9.16. The summed E-state index contributed by atoms with van der Waals surface area (Å²) in [5.74, 6) is 1.91. The lowest BCUT2D eigenvalue weighted by Gasteiger charge is -2.28. The van der Waals surface area contributed by atoms with Crippen molar-refractivity contribution in [2.75, 3.05) is 34.4 Å². The molecule has 0 saturated carbocycles. The van der Waals surface area contributed by atoms with Crippen LogP contribution >= 0.6 is 11.8 Å². The van der Waals surface area contributed by atoms with Crippen molar-refractivity contribution < 1.29 is 23.4 Å². The van der Waals surface area contributed by atoms with E-state index in [0.717, 1.165) is 25.9 Å². The van der Waals surface area contributed by atoms with Gasteiger partial charge >= 0.3 is 0 Å². The highest BCUT2D eigenvalue weighted by Crippen LogP contribution is 2.41. The van der Waals surface area contributed by atoms with Crippen molar-refractivity contribution in [1.29, 1.82) is 0 Å². The molecule has 2 heterocycles. The molecule has 1 aliphatic heterocycles. The van der Waals surface area contributed by atoms with Crippen LogP contribution in [-0.2, 0) is 4.79 Å². The maximum Gasteiger partial charge on any atom is 0.277 e. The van der Waals surface area contributed by atoms with Crippen LogP contribution in [0.1, 0.15) is 26.2 Å². The maximum atomic E-state index is 12.6. The molecule has 1 saturated heterocycles. The Labute approximate surface area is 168 Å². The largest absolute Gasteiger partial charge is 0.493 e. The van der Waals surface area contributed by atoms with Crippen molar-refractivity contribution in [2.45, 2.75) is 36.7 Å². The van der Waals surface area contributed by atoms with Crippen molar-refractivity contribution in [2.24, 2.45) is 0 Å². The minimum atomic E-state index is -0.286. The molecule has 0 spiro atoms. The van der Waals surface area contributed by atoms with Gasteiger partial charge < -0.3 is 23.5 Å². The molecule has 1 fully saturated rings. The maximum absolute atomic E-state index is 12.6. The van der Waals surface area contributed by atoms with Crippen molar-refractivity contribution in [3.8, 4) is 28.7 Å². The van der Waals surface area contributed by atoms with E-state index in [2.05, 4.69) is 10.2 Å². The first-order chi connectivity index (χ1) is 13.6. The van der Waals surface area contributed by atoms with Crippen LogP contribution in [0.3, 0.4) is 0 Å². The average molecular weight is 407 g/mol. The third kappa shape index (κ3) is 4.35. The average Bonchev–Trinajstić information content (AvgIpc) is 3.21. The van der Waals surface area contributed by atoms with Gasteiger partial charge in [0, 0.05) is 18.7 Å². The number of thioether (sulfide) groups is 1. The van der Waals surface area contributed by atoms with Gasteiger partial charge in [0.25, 0.3) is 5.22 Å². The molecular formula is C19H25N3O5S. The number of amides is 1. The molecule has 0 radical (unpaired) electrons. The van der Waals surface area contributed by atoms with E-state index < -0.39 is 0 Å². The number of benzene rings is 1. The van der Waals surface area contributed by atoms with E-state index in [0.29, 0.717) is 33.9 Å². The number of ether oxygens (including phenoxy) is 3. The molecule has 8 nitrogen and oxygen atoms in total. The van der Waals surface area contributed by atoms with E-state index in [-0.39, 0.29) is 11.2 Å². The van der Waals surface area contributed by atoms with Gasteiger partial charge in [-0.15, -0.1) is 10.2 Å². The number of carbonyl (C=O) groups excluding carboxylic acids is 1. The third-order valence-corrected chi connectivity index (χ3v) is 5.53. The number of methoxy groups -OCH3 is 3. The van der Waals surface area contributed by atoms with Gasteiger partial charge in [0.2, 0.25) is 17.5 Å². The number of likely N-dealkylation sites (tertiary alicyclic amines) is 1. The lowest BCUT2D eigenvalue weighted by Crippen LogP contribution is -2.40. The van der Waals surface area contributed by atoms with Gasteiger partial charge in [-0.3, -0.25) is 4.79 Å². The molecule has 28 heavy (non-hydrogen) atoms. The molecule has 1 aromatic carbocycles. The molecule has 152 valence electrons. The van der Waals surface area contributed by atoms with Crippen molar-refractivity contribution in [1.82, 2.24) is 15.1 Å². The quantitative estimate of drug-likeness (QED) is 0.647. The Bertz CT molecular complexity index is 795. The fourth-order valence-electron chi connectivity index (χ4n) is 3.15. The Morgan fingerprint density at radius 1 is 1.07 bits per heavy atom. The Morgan fingerprint density at radius 3 is 2.29 bits per heavy atom. The van der Waals surface area contributed by atoms with Gasteiger partial charge in [-0.1, -0.05) is 11.8 Å². The highest BCUT2D eigenvalue weighted by Gasteiger charge is 2.25. The number of nitrogens with zero attached hydrogens (tertiary/aromatic N) is 3. The van der Waals surface area contributed by atoms with Crippen LogP contribution in [0.15, 0.2) is 21.8 Å². The fraction of sp³-hybridized carbons (Fsp3) is 0.526. The lowest BCUT2D eigenvalue weighted by atomic mass is 10.1. The second-order valence-corrected chi connectivity index (χ2v) is 7.73. The summed E-state index contributed by atoms with van der Waals surface area (Å²) in [6, 6.07) is 3.48. The molecule has 9 heteroatoms. The predicted molar refractivity (Wildman–Crippen MR) is 105 cm³/mol. The van der Waals surface area contributed by atoms with E-state index in [1.807, 2.05) is 11.8 Å². The van der Waals surface area contributed by atoms with Gasteiger partial charge in [-0.2, -0.15) is 0 Å². The topological polar surface area (TPSA) is 86.9 Å². The summed E-state index contributed by atoms with van der Waals surface area (Å²) in [5, 5.41) is 8.24. The summed E-state index contributed by atoms with van der Waals surface area (Å²) >= 11 is 1.27. The molecule has 3 rings (SSSR count). The van der Waals surface area contributed by atoms with Crippen LogP contribution < -0.4 is 14.2 Å². The van der Waals surface area contributed by atoms with Crippen LogP contribution in [0, 0.1) is 0 Å². The molecule has 1 amide bonds. The molecule has 0 N–H and O–H groups in total. The first-order valence-corrected chi connectivity index (χ1v) is 10.0. The minimum absolute atomic E-state index is 0.109. The highest BCUT2D eigenvalue weighted by atomic mass is 32.2. The zero-order chi connectivity index (χ0) is 20.1. The smallest absolute Gasteiger partial charge is 0.277 e. The Hall–Kier alpha value is -2.42. The Kier molecular flexibility index (Phi) is 6.66. The molecule has 2 aromatic rings. The SMILES string of the molecule is COc1cc(-c2nnc(S[C@@H](C)C(=O)N3CCCCC3)o2)cc(OC)c1OC. The number of piperidine rings is 1. The molecule has 0 aliphatic carbocycles. The van der Waals surface area contributed by atoms with Crippen LogP contribution in [0.4, 0.5) is 0 Å². The van der Waals surface area contributed by atoms with Crippen LogP contribution in [0.25, 0.3) is 11.5 Å². The van der Waals surface area contributed by atoms with Crippen molar-refractivity contribution in [3.63, 3.8) is 0 Å². The van der Waals surface area contributed by atoms with Gasteiger partial charge in [0.1, 0.15) is 0 Å². The monoisotopic (exact) mass is 407 g/mol. The summed E-state index contributed by atoms with van der Waals surface area (Å²) < 4.78 is 21.8. The summed E-state index contributed by atoms with van der Waals surface area (Å²) in [5.41, 5.74) is 0.642. The molecule has 1 aromatic heterocycles. The second kappa shape index (κ2) is 9.18. The van der Waals surface area contributed by atoms with Crippen LogP contribution in [-0.4, -0.2) is 60.7 Å². The molecule has 0 unspecified atom stereocenters. The number of hydrogen-bond acceptors (Lipinski definition) is 8. The van der Waals surface area contributed by atoms with E-state index >= 15 is 0 Å². The number of aromatic nitrogens is 2. The van der Waals surface area contributed by atoms with Gasteiger partial charge in [0.15, 0.2) is 11.5 Å². The zero-order valence-electron chi connectivity index (χ0n) is 16.6. The molecule has 0 bridgehead atoms. The summed E-state index contributed by atoms with van der Waals surface area (Å²) in [6.45, 7) is 3.51.